The van der Waals surface area contributed by atoms with Gasteiger partial charge in [0.05, 0.1) is 17.5 Å². The molecular formula is C22H25NO2. The first-order valence-corrected chi connectivity index (χ1v) is 9.92. The maximum absolute atomic E-state index is 13.4. The molecule has 3 heteroatoms. The average molecular weight is 335 g/mol. The number of hydrogen-bond donors (Lipinski definition) is 0. The Morgan fingerprint density at radius 1 is 0.720 bits per heavy atom. The van der Waals surface area contributed by atoms with Gasteiger partial charge in [-0.15, -0.1) is 0 Å². The van der Waals surface area contributed by atoms with Gasteiger partial charge < -0.3 is 0 Å². The van der Waals surface area contributed by atoms with E-state index in [-0.39, 0.29) is 23.7 Å². The molecule has 2 saturated carbocycles. The van der Waals surface area contributed by atoms with Crippen LogP contribution in [0.4, 0.5) is 5.69 Å². The summed E-state index contributed by atoms with van der Waals surface area (Å²) in [5.41, 5.74) is 3.91. The van der Waals surface area contributed by atoms with E-state index in [9.17, 15) is 9.59 Å². The topological polar surface area (TPSA) is 37.4 Å². The minimum Gasteiger partial charge on any atom is -0.274 e. The van der Waals surface area contributed by atoms with Crippen LogP contribution in [-0.2, 0) is 9.59 Å². The summed E-state index contributed by atoms with van der Waals surface area (Å²) in [6.07, 6.45) is 9.40. The van der Waals surface area contributed by atoms with Gasteiger partial charge in [0.1, 0.15) is 0 Å². The number of fused-ring (bicyclic) bond motifs is 5. The van der Waals surface area contributed by atoms with Gasteiger partial charge in [-0.1, -0.05) is 42.2 Å². The molecule has 3 nitrogen and oxygen atoms in total. The zero-order valence-electron chi connectivity index (χ0n) is 14.6. The van der Waals surface area contributed by atoms with Crippen LogP contribution in [0.5, 0.6) is 0 Å². The molecule has 1 saturated heterocycles. The Morgan fingerprint density at radius 3 is 1.76 bits per heavy atom. The van der Waals surface area contributed by atoms with Gasteiger partial charge in [-0.25, -0.2) is 0 Å². The van der Waals surface area contributed by atoms with Crippen LogP contribution in [0.2, 0.25) is 0 Å². The lowest BCUT2D eigenvalue weighted by molar-refractivity contribution is -0.123. The molecule has 25 heavy (non-hydrogen) atoms. The third-order valence-corrected chi connectivity index (χ3v) is 7.01. The average Bonchev–Trinajstić information content (AvgIpc) is 2.94. The number of carbonyl (C=O) groups excluding carboxylic acids is 2. The summed E-state index contributed by atoms with van der Waals surface area (Å²) >= 11 is 0. The van der Waals surface area contributed by atoms with Crippen LogP contribution >= 0.6 is 0 Å². The van der Waals surface area contributed by atoms with E-state index in [0.29, 0.717) is 11.8 Å². The SMILES string of the molecule is O=C1C2C3CCCCC3=C3CCCCC3C2C(=O)N1c1ccccc1. The third kappa shape index (κ3) is 2.17. The first-order chi connectivity index (χ1) is 12.3. The van der Waals surface area contributed by atoms with Crippen LogP contribution in [-0.4, -0.2) is 11.8 Å². The number of hydrogen-bond acceptors (Lipinski definition) is 2. The van der Waals surface area contributed by atoms with Crippen molar-refractivity contribution in [1.29, 1.82) is 0 Å². The van der Waals surface area contributed by atoms with Crippen molar-refractivity contribution in [3.8, 4) is 0 Å². The van der Waals surface area contributed by atoms with Crippen LogP contribution in [0.25, 0.3) is 0 Å². The number of rotatable bonds is 1. The molecule has 130 valence electrons. The van der Waals surface area contributed by atoms with Gasteiger partial charge in [0, 0.05) is 0 Å². The molecule has 0 N–H and O–H groups in total. The number of benzene rings is 1. The fourth-order valence-electron chi connectivity index (χ4n) is 6.06. The van der Waals surface area contributed by atoms with E-state index < -0.39 is 0 Å². The Balaban J connectivity index is 1.61. The first-order valence-electron chi connectivity index (χ1n) is 9.92. The van der Waals surface area contributed by atoms with Crippen molar-refractivity contribution in [3.63, 3.8) is 0 Å². The van der Waals surface area contributed by atoms with Crippen molar-refractivity contribution in [2.24, 2.45) is 23.7 Å². The van der Waals surface area contributed by atoms with E-state index >= 15 is 0 Å². The monoisotopic (exact) mass is 335 g/mol. The van der Waals surface area contributed by atoms with E-state index in [4.69, 9.17) is 0 Å². The Kier molecular flexibility index (Phi) is 3.58. The van der Waals surface area contributed by atoms with E-state index in [1.807, 2.05) is 30.3 Å². The largest absolute Gasteiger partial charge is 0.274 e. The second-order valence-corrected chi connectivity index (χ2v) is 8.15. The number of amides is 2. The summed E-state index contributed by atoms with van der Waals surface area (Å²) < 4.78 is 0. The summed E-state index contributed by atoms with van der Waals surface area (Å²) in [7, 11) is 0. The normalized spacial score (nSPS) is 34.6. The van der Waals surface area contributed by atoms with Gasteiger partial charge in [-0.2, -0.15) is 0 Å². The van der Waals surface area contributed by atoms with Crippen LogP contribution in [0.1, 0.15) is 51.4 Å². The zero-order valence-corrected chi connectivity index (χ0v) is 14.6. The van der Waals surface area contributed by atoms with Crippen molar-refractivity contribution >= 4 is 17.5 Å². The molecule has 4 atom stereocenters. The molecule has 0 aromatic heterocycles. The second-order valence-electron chi connectivity index (χ2n) is 8.15. The Morgan fingerprint density at radius 2 is 1.24 bits per heavy atom. The lowest BCUT2D eigenvalue weighted by Crippen LogP contribution is -2.41. The number of imide groups is 1. The Labute approximate surface area is 149 Å². The number of carbonyl (C=O) groups is 2. The minimum absolute atomic E-state index is 0.0650. The van der Waals surface area contributed by atoms with Gasteiger partial charge in [0.2, 0.25) is 11.8 Å². The van der Waals surface area contributed by atoms with E-state index in [0.717, 1.165) is 31.4 Å². The van der Waals surface area contributed by atoms with Crippen molar-refractivity contribution in [2.45, 2.75) is 51.4 Å². The molecule has 3 fully saturated rings. The molecule has 1 aromatic rings. The summed E-state index contributed by atoms with van der Waals surface area (Å²) in [5, 5.41) is 0. The van der Waals surface area contributed by atoms with Gasteiger partial charge in [0.15, 0.2) is 0 Å². The highest BCUT2D eigenvalue weighted by Crippen LogP contribution is 2.56. The summed E-state index contributed by atoms with van der Waals surface area (Å²) in [5.74, 6) is 0.580. The van der Waals surface area contributed by atoms with Crippen LogP contribution < -0.4 is 4.90 Å². The molecule has 0 bridgehead atoms. The van der Waals surface area contributed by atoms with Crippen molar-refractivity contribution in [3.05, 3.63) is 41.5 Å². The van der Waals surface area contributed by atoms with E-state index in [1.165, 1.54) is 30.6 Å². The van der Waals surface area contributed by atoms with Crippen molar-refractivity contribution in [2.75, 3.05) is 4.90 Å². The van der Waals surface area contributed by atoms with Crippen LogP contribution in [0.3, 0.4) is 0 Å². The maximum atomic E-state index is 13.4. The van der Waals surface area contributed by atoms with Crippen LogP contribution in [0, 0.1) is 23.7 Å². The van der Waals surface area contributed by atoms with Crippen molar-refractivity contribution in [1.82, 2.24) is 0 Å². The summed E-state index contributed by atoms with van der Waals surface area (Å²) in [6.45, 7) is 0. The van der Waals surface area contributed by atoms with Gasteiger partial charge in [-0.05, 0) is 62.5 Å². The molecule has 2 amide bonds. The zero-order chi connectivity index (χ0) is 17.0. The number of allylic oxidation sites excluding steroid dienone is 2. The third-order valence-electron chi connectivity index (χ3n) is 7.01. The molecule has 1 heterocycles. The molecule has 5 rings (SSSR count). The highest BCUT2D eigenvalue weighted by Gasteiger charge is 2.58. The lowest BCUT2D eigenvalue weighted by atomic mass is 9.58. The maximum Gasteiger partial charge on any atom is 0.238 e. The first kappa shape index (κ1) is 15.4. The minimum atomic E-state index is -0.102. The fourth-order valence-corrected chi connectivity index (χ4v) is 6.06. The number of nitrogens with zero attached hydrogens (tertiary/aromatic N) is 1. The number of anilines is 1. The highest BCUT2D eigenvalue weighted by molar-refractivity contribution is 6.22. The highest BCUT2D eigenvalue weighted by atomic mass is 16.2. The second kappa shape index (κ2) is 5.82. The summed E-state index contributed by atoms with van der Waals surface area (Å²) in [4.78, 5) is 28.2. The molecule has 4 aliphatic rings. The molecule has 1 aromatic carbocycles. The summed E-state index contributed by atoms with van der Waals surface area (Å²) in [6, 6.07) is 9.54. The van der Waals surface area contributed by atoms with E-state index in [1.54, 1.807) is 11.1 Å². The predicted molar refractivity (Wildman–Crippen MR) is 96.9 cm³/mol. The molecular weight excluding hydrogens is 310 g/mol. The van der Waals surface area contributed by atoms with Gasteiger partial charge >= 0.3 is 0 Å². The fraction of sp³-hybridized carbons (Fsp3) is 0.545. The van der Waals surface area contributed by atoms with Crippen molar-refractivity contribution < 1.29 is 9.59 Å². The van der Waals surface area contributed by atoms with E-state index in [2.05, 4.69) is 0 Å². The lowest BCUT2D eigenvalue weighted by Gasteiger charge is -2.44. The van der Waals surface area contributed by atoms with Gasteiger partial charge in [0.25, 0.3) is 0 Å². The molecule has 4 unspecified atom stereocenters. The number of para-hydroxylation sites is 1. The van der Waals surface area contributed by atoms with Gasteiger partial charge in [-0.3, -0.25) is 14.5 Å². The molecule has 0 spiro atoms. The quantitative estimate of drug-likeness (QED) is 0.560. The Bertz CT molecular complexity index is 707. The molecule has 0 radical (unpaired) electrons. The predicted octanol–water partition coefficient (Wildman–Crippen LogP) is 4.48. The molecule has 1 aliphatic heterocycles. The smallest absolute Gasteiger partial charge is 0.238 e. The molecule has 3 aliphatic carbocycles. The van der Waals surface area contributed by atoms with Crippen LogP contribution in [0.15, 0.2) is 41.5 Å². The Hall–Kier alpha value is -1.90. The standard InChI is InChI=1S/C22H25NO2/c24-21-19-17-12-6-4-10-15(17)16-11-5-7-13-18(16)20(19)22(25)23(21)14-8-2-1-3-9-14/h1-3,8-9,17-20H,4-7,10-13H2.